The highest BCUT2D eigenvalue weighted by molar-refractivity contribution is 7.09. The summed E-state index contributed by atoms with van der Waals surface area (Å²) < 4.78 is 12.0. The zero-order valence-electron chi connectivity index (χ0n) is 23.0. The Bertz CT molecular complexity index is 1020. The Kier molecular flexibility index (Phi) is 9.54. The van der Waals surface area contributed by atoms with Crippen LogP contribution in [0, 0.1) is 24.2 Å². The van der Waals surface area contributed by atoms with Gasteiger partial charge >= 0.3 is 5.97 Å². The van der Waals surface area contributed by atoms with E-state index in [2.05, 4.69) is 18.5 Å². The Morgan fingerprint density at radius 3 is 2.62 bits per heavy atom. The average molecular weight is 534 g/mol. The lowest BCUT2D eigenvalue weighted by molar-refractivity contribution is -0.155. The largest absolute Gasteiger partial charge is 0.458 e. The van der Waals surface area contributed by atoms with Gasteiger partial charge in [0.1, 0.15) is 11.9 Å². The first-order valence-corrected chi connectivity index (χ1v) is 14.2. The van der Waals surface area contributed by atoms with Gasteiger partial charge in [-0.05, 0) is 64.5 Å². The quantitative estimate of drug-likeness (QED) is 0.317. The fraction of sp³-hybridized carbons (Fsp3) is 0.690. The highest BCUT2D eigenvalue weighted by atomic mass is 32.1. The van der Waals surface area contributed by atoms with E-state index in [1.807, 2.05) is 32.2 Å². The molecule has 8 heteroatoms. The molecule has 3 heterocycles. The second-order valence-corrected chi connectivity index (χ2v) is 12.5. The third-order valence-electron chi connectivity index (χ3n) is 8.33. The summed E-state index contributed by atoms with van der Waals surface area (Å²) in [6.07, 6.45) is 3.54. The van der Waals surface area contributed by atoms with Gasteiger partial charge in [0.15, 0.2) is 0 Å². The lowest BCUT2D eigenvalue weighted by Gasteiger charge is -2.36. The van der Waals surface area contributed by atoms with Crippen LogP contribution >= 0.6 is 11.3 Å². The highest BCUT2D eigenvalue weighted by Gasteiger charge is 2.53. The number of cyclic esters (lactones) is 1. The number of aryl methyl sites for hydroxylation is 1. The zero-order chi connectivity index (χ0) is 27.5. The van der Waals surface area contributed by atoms with Gasteiger partial charge in [0.05, 0.1) is 46.5 Å². The van der Waals surface area contributed by atoms with Crippen molar-refractivity contribution in [1.29, 1.82) is 0 Å². The van der Waals surface area contributed by atoms with E-state index in [1.165, 1.54) is 0 Å². The maximum absolute atomic E-state index is 13.6. The molecule has 3 rings (SSSR count). The number of Topliss-reactive ketones (excluding diaryl/α,β-unsaturated/α-hetero) is 1. The van der Waals surface area contributed by atoms with Crippen LogP contribution in [-0.4, -0.2) is 57.0 Å². The molecule has 2 N–H and O–H groups in total. The molecule has 2 aliphatic rings. The predicted octanol–water partition coefficient (Wildman–Crippen LogP) is 5.03. The molecule has 0 aromatic carbocycles. The molecule has 2 aliphatic heterocycles. The number of allylic oxidation sites excluding steroid dienone is 1. The first-order chi connectivity index (χ1) is 17.3. The van der Waals surface area contributed by atoms with Crippen molar-refractivity contribution in [3.8, 4) is 0 Å². The van der Waals surface area contributed by atoms with Crippen LogP contribution in [0.25, 0.3) is 6.08 Å². The van der Waals surface area contributed by atoms with Crippen LogP contribution in [0.2, 0.25) is 0 Å². The molecule has 0 bridgehead atoms. The molecule has 2 fully saturated rings. The molecule has 0 unspecified atom stereocenters. The molecule has 1 aromatic rings. The van der Waals surface area contributed by atoms with E-state index in [0.717, 1.165) is 35.5 Å². The fourth-order valence-corrected chi connectivity index (χ4v) is 6.08. The molecule has 0 amide bonds. The molecule has 0 spiro atoms. The number of carbonyl (C=O) groups excluding carboxylic acids is 2. The Labute approximate surface area is 225 Å². The maximum Gasteiger partial charge on any atom is 0.309 e. The number of ketones is 1. The van der Waals surface area contributed by atoms with Crippen molar-refractivity contribution in [1.82, 2.24) is 4.98 Å². The number of nitrogens with zero attached hydrogens (tertiary/aromatic N) is 1. The molecule has 1 aromatic heterocycles. The molecule has 7 nitrogen and oxygen atoms in total. The van der Waals surface area contributed by atoms with E-state index in [4.69, 9.17) is 9.47 Å². The summed E-state index contributed by atoms with van der Waals surface area (Å²) in [7, 11) is 0. The van der Waals surface area contributed by atoms with E-state index in [-0.39, 0.29) is 36.2 Å². The van der Waals surface area contributed by atoms with Gasteiger partial charge in [-0.3, -0.25) is 9.59 Å². The summed E-state index contributed by atoms with van der Waals surface area (Å²) in [6, 6.07) is 0. The molecule has 37 heavy (non-hydrogen) atoms. The van der Waals surface area contributed by atoms with Gasteiger partial charge in [0.2, 0.25) is 0 Å². The van der Waals surface area contributed by atoms with Gasteiger partial charge < -0.3 is 19.7 Å². The SMILES string of the molecule is C=CC[C@@]1(C)C(=O)[C@H](C)[C@@H](O)[C@@H](C)CCC[C@@]2(C)O[C@H]2C[C@@H](/C(C)=C/c2csc(C)n2)OC(=O)C[C@@H]1O. The highest BCUT2D eigenvalue weighted by Crippen LogP contribution is 2.45. The third-order valence-corrected chi connectivity index (χ3v) is 9.12. The van der Waals surface area contributed by atoms with Crippen LogP contribution in [0.5, 0.6) is 0 Å². The number of aliphatic hydroxyl groups is 2. The summed E-state index contributed by atoms with van der Waals surface area (Å²) in [5.74, 6) is -1.65. The van der Waals surface area contributed by atoms with E-state index in [0.29, 0.717) is 6.42 Å². The fourth-order valence-electron chi connectivity index (χ4n) is 5.51. The first kappa shape index (κ1) is 29.7. The summed E-state index contributed by atoms with van der Waals surface area (Å²) in [5, 5.41) is 25.0. The maximum atomic E-state index is 13.6. The minimum absolute atomic E-state index is 0.0598. The van der Waals surface area contributed by atoms with Crippen LogP contribution in [0.3, 0.4) is 0 Å². The standard InChI is InChI=1S/C29H43NO6S/c1-8-11-28(6)23(31)15-25(32)35-22(18(3)13-21-16-37-20(5)30-21)14-24-29(7,36-24)12-9-10-17(2)26(33)19(4)27(28)34/h8,13,16-17,19,22-24,26,31,33H,1,9-12,14-15H2,2-7H3/b18-13+/t17-,19+,22-,23-,24-,26-,28+,29+/m0/s1. The van der Waals surface area contributed by atoms with Crippen molar-refractivity contribution in [2.45, 2.75) is 110 Å². The van der Waals surface area contributed by atoms with Crippen molar-refractivity contribution in [2.75, 3.05) is 0 Å². The number of fused-ring (bicyclic) bond motifs is 1. The van der Waals surface area contributed by atoms with E-state index < -0.39 is 35.6 Å². The third kappa shape index (κ3) is 6.96. The van der Waals surface area contributed by atoms with Gasteiger partial charge in [0.25, 0.3) is 0 Å². The Morgan fingerprint density at radius 2 is 2.00 bits per heavy atom. The lowest BCUT2D eigenvalue weighted by atomic mass is 9.69. The molecular formula is C29H43NO6S. The minimum Gasteiger partial charge on any atom is -0.458 e. The summed E-state index contributed by atoms with van der Waals surface area (Å²) in [4.78, 5) is 31.2. The predicted molar refractivity (Wildman–Crippen MR) is 145 cm³/mol. The van der Waals surface area contributed by atoms with Crippen LogP contribution in [0.15, 0.2) is 23.6 Å². The van der Waals surface area contributed by atoms with Crippen LogP contribution in [0.1, 0.15) is 83.8 Å². The number of carbonyl (C=O) groups is 2. The molecule has 2 saturated heterocycles. The molecule has 0 radical (unpaired) electrons. The second kappa shape index (κ2) is 11.9. The van der Waals surface area contributed by atoms with Crippen molar-refractivity contribution in [2.24, 2.45) is 17.3 Å². The topological polar surface area (TPSA) is 109 Å². The van der Waals surface area contributed by atoms with Gasteiger partial charge in [-0.2, -0.15) is 0 Å². The smallest absolute Gasteiger partial charge is 0.309 e. The van der Waals surface area contributed by atoms with Crippen molar-refractivity contribution in [3.05, 3.63) is 34.3 Å². The van der Waals surface area contributed by atoms with E-state index >= 15 is 0 Å². The average Bonchev–Trinajstić information content (AvgIpc) is 3.28. The summed E-state index contributed by atoms with van der Waals surface area (Å²) >= 11 is 1.55. The summed E-state index contributed by atoms with van der Waals surface area (Å²) in [5.41, 5.74) is 0.0814. The first-order valence-electron chi connectivity index (χ1n) is 13.3. The lowest BCUT2D eigenvalue weighted by Crippen LogP contribution is -2.47. The number of esters is 1. The Balaban J connectivity index is 1.90. The van der Waals surface area contributed by atoms with Gasteiger partial charge in [0, 0.05) is 17.7 Å². The van der Waals surface area contributed by atoms with Crippen molar-refractivity contribution in [3.63, 3.8) is 0 Å². The number of aliphatic hydroxyl groups excluding tert-OH is 2. The normalized spacial score (nSPS) is 38.5. The Hall–Kier alpha value is -1.87. The van der Waals surface area contributed by atoms with E-state index in [9.17, 15) is 19.8 Å². The van der Waals surface area contributed by atoms with Gasteiger partial charge in [-0.1, -0.05) is 26.3 Å². The number of hydrogen-bond donors (Lipinski definition) is 2. The van der Waals surface area contributed by atoms with Crippen molar-refractivity contribution < 1.29 is 29.3 Å². The van der Waals surface area contributed by atoms with Crippen LogP contribution in [0.4, 0.5) is 0 Å². The monoisotopic (exact) mass is 533 g/mol. The summed E-state index contributed by atoms with van der Waals surface area (Å²) in [6.45, 7) is 15.0. The van der Waals surface area contributed by atoms with Gasteiger partial charge in [-0.15, -0.1) is 17.9 Å². The molecule has 0 saturated carbocycles. The second-order valence-electron chi connectivity index (χ2n) is 11.5. The van der Waals surface area contributed by atoms with E-state index in [1.54, 1.807) is 31.3 Å². The number of hydrogen-bond acceptors (Lipinski definition) is 8. The number of epoxide rings is 1. The van der Waals surface area contributed by atoms with Crippen LogP contribution < -0.4 is 0 Å². The van der Waals surface area contributed by atoms with Crippen molar-refractivity contribution >= 4 is 29.2 Å². The number of ether oxygens (including phenoxy) is 2. The van der Waals surface area contributed by atoms with Gasteiger partial charge in [-0.25, -0.2) is 4.98 Å². The minimum atomic E-state index is -1.28. The van der Waals surface area contributed by atoms with Crippen LogP contribution in [-0.2, 0) is 19.1 Å². The molecule has 0 aliphatic carbocycles. The molecular weight excluding hydrogens is 490 g/mol. The zero-order valence-corrected chi connectivity index (χ0v) is 23.8. The number of rotatable bonds is 4. The number of thiazole rings is 1. The molecule has 8 atom stereocenters. The Morgan fingerprint density at radius 1 is 1.30 bits per heavy atom. The molecule has 206 valence electrons. The number of aromatic nitrogens is 1.